The number of imidazole rings is 3. The van der Waals surface area contributed by atoms with Gasteiger partial charge in [-0.25, -0.2) is 15.0 Å². The predicted molar refractivity (Wildman–Crippen MR) is 619 cm³/mol. The second-order valence-electron chi connectivity index (χ2n) is 34.1. The smallest absolute Gasteiger partial charge is 0.423 e. The van der Waals surface area contributed by atoms with Crippen molar-refractivity contribution >= 4 is 294 Å². The minimum atomic E-state index is -1.48. The molecular weight excluding hydrogens is 2050 g/mol. The van der Waals surface area contributed by atoms with Crippen molar-refractivity contribution in [3.8, 4) is 33.6 Å². The number of halogens is 9. The number of hydrogen-bond donors (Lipinski definition) is 3. The Kier molecular flexibility index (Phi) is 30.7. The van der Waals surface area contributed by atoms with Gasteiger partial charge in [0.2, 0.25) is 0 Å². The standard InChI is InChI=1S/C23H14Cl2N2.2C23H13ClN2.C17H10Cl2O.C12H10OP.C11H6BrClO.C8H10.C6H6BClO2/c24-15-11-9-14-10-12-17(23-26-20-7-3-4-8-21(20)27-23)22(18(14)13-15)16-5-1-2-6-19(16)25;2*24-15-11-9-14-10-12-17-22(18(14)13-15)16-5-1-3-7-20(16)26-21-8-4-2-6-19(21)25-23(17)26;18-13-8-7-11-5-6-12(10-20)17(15(11)9-13)14-3-1-2-4-16(14)19;13-14(11-7-3-1-4-8-11)12-9-5-2-6-10-12;12-11-8(6-14)2-1-7-3-4-9(13)5-10(7)11;1-7-5-3-4-6-8(7)2;8-6-4-2-1-3-5(6)7(9)10/h1-13H,(H,26,27);2*1-13H;1-10H;1-10H;1-6H;3-6H,1-2H3;1-4,9-10H/q;;;;+1;;;. The summed E-state index contributed by atoms with van der Waals surface area (Å²) in [6, 6.07) is 141. The molecule has 0 aliphatic carbocycles. The molecule has 0 radical (unpaired) electrons. The van der Waals surface area contributed by atoms with Crippen molar-refractivity contribution in [2.24, 2.45) is 0 Å². The Hall–Kier alpha value is -14.4. The maximum Gasteiger partial charge on any atom is 0.489 e. The lowest BCUT2D eigenvalue weighted by Gasteiger charge is -2.14. The molecule has 0 bridgehead atoms. The lowest BCUT2D eigenvalue weighted by molar-refractivity contribution is 0.111. The number of rotatable bonds is 8. The number of H-pyrrole nitrogens is 1. The molecule has 21 aromatic carbocycles. The van der Waals surface area contributed by atoms with Gasteiger partial charge < -0.3 is 15.0 Å². The number of hydrogen-bond acceptors (Lipinski definition) is 8. The van der Waals surface area contributed by atoms with Crippen LogP contribution in [-0.2, 0) is 4.57 Å². The summed E-state index contributed by atoms with van der Waals surface area (Å²) in [5, 5.41) is 42.3. The molecule has 11 nitrogen and oxygen atoms in total. The van der Waals surface area contributed by atoms with Crippen LogP contribution in [-0.4, -0.2) is 58.5 Å². The maximum atomic E-state index is 12.0. The molecule has 3 N–H and O–H groups in total. The van der Waals surface area contributed by atoms with Gasteiger partial charge in [0.25, 0.3) is 0 Å². The van der Waals surface area contributed by atoms with E-state index in [0.717, 1.165) is 170 Å². The molecule has 26 rings (SSSR count). The first-order chi connectivity index (χ1) is 70.6. The van der Waals surface area contributed by atoms with E-state index in [9.17, 15) is 14.2 Å². The van der Waals surface area contributed by atoms with E-state index in [4.69, 9.17) is 118 Å². The van der Waals surface area contributed by atoms with Crippen molar-refractivity contribution in [2.75, 3.05) is 0 Å². The number of aromatic nitrogens is 6. The highest BCUT2D eigenvalue weighted by molar-refractivity contribution is 9.10. The number of para-hydroxylation sites is 8. The van der Waals surface area contributed by atoms with E-state index in [2.05, 4.69) is 213 Å². The Labute approximate surface area is 884 Å². The average Bonchev–Trinajstić information content (AvgIpc) is 1.64. The van der Waals surface area contributed by atoms with Gasteiger partial charge in [-0.3, -0.25) is 18.4 Å². The Morgan fingerprint density at radius 2 is 0.662 bits per heavy atom. The average molecular weight is 2130 g/mol. The molecule has 26 aromatic rings. The van der Waals surface area contributed by atoms with Gasteiger partial charge in [-0.15, -0.1) is 0 Å². The number of fused-ring (bicyclic) bond motifs is 24. The minimum Gasteiger partial charge on any atom is -0.423 e. The summed E-state index contributed by atoms with van der Waals surface area (Å²) in [6.07, 6.45) is 1.67. The van der Waals surface area contributed by atoms with Crippen LogP contribution in [0.25, 0.3) is 175 Å². The highest BCUT2D eigenvalue weighted by Crippen LogP contribution is 2.45. The van der Waals surface area contributed by atoms with Crippen LogP contribution in [0.4, 0.5) is 0 Å². The number of carbonyl (C=O) groups is 2. The molecule has 5 heterocycles. The molecule has 0 saturated heterocycles. The van der Waals surface area contributed by atoms with Gasteiger partial charge in [-0.2, -0.15) is 0 Å². The van der Waals surface area contributed by atoms with Crippen molar-refractivity contribution in [3.05, 3.63) is 498 Å². The van der Waals surface area contributed by atoms with Crippen molar-refractivity contribution in [2.45, 2.75) is 13.8 Å². The van der Waals surface area contributed by atoms with Gasteiger partial charge in [0.1, 0.15) is 17.1 Å². The lowest BCUT2D eigenvalue weighted by atomic mass is 9.80. The van der Waals surface area contributed by atoms with E-state index in [1.165, 1.54) is 54.2 Å². The Morgan fingerprint density at radius 3 is 1.11 bits per heavy atom. The third-order valence-corrected chi connectivity index (χ3v) is 29.7. The SMILES string of the molecule is Cc1ccccc1C.Clc1ccc2ccc(-c3nc4ccccc4[nH]3)c(-c3ccccc3Cl)c2c1.Clc1ccc2ccc3c(c2c1)c1ccccc1n1c2ccccc2nc31.Clc1ccc2ccc3c(c2c1)c1ccccc1n1c2ccccc2nc31.O=Cc1ccc2ccc(Cl)cc2c1-c1ccccc1Cl.O=Cc1ccc2ccc(Cl)cc2c1Br.O=[P+](c1ccccc1)c1ccccc1.OB(O)c1ccccc1Cl. The van der Waals surface area contributed by atoms with Gasteiger partial charge in [0.15, 0.2) is 23.2 Å². The fraction of sp³-hybridized carbons (Fsp3) is 0.0163. The van der Waals surface area contributed by atoms with Crippen LogP contribution in [0.3, 0.4) is 0 Å². The van der Waals surface area contributed by atoms with Crippen molar-refractivity contribution in [3.63, 3.8) is 0 Å². The van der Waals surface area contributed by atoms with E-state index in [-0.39, 0.29) is 0 Å². The summed E-state index contributed by atoms with van der Waals surface area (Å²) in [5.41, 5.74) is 19.5. The summed E-state index contributed by atoms with van der Waals surface area (Å²) < 4.78 is 17.3. The first kappa shape index (κ1) is 99.3. The van der Waals surface area contributed by atoms with E-state index in [1.807, 2.05) is 231 Å². The monoisotopic (exact) mass is 2120 g/mol. The third-order valence-electron chi connectivity index (χ3n) is 25.1. The first-order valence-electron chi connectivity index (χ1n) is 46.1. The topological polar surface area (TPSA) is 155 Å². The van der Waals surface area contributed by atoms with Crippen molar-refractivity contribution in [1.29, 1.82) is 0 Å². The number of aromatic amines is 1. The summed E-state index contributed by atoms with van der Waals surface area (Å²) in [6.45, 7) is 4.24. The summed E-state index contributed by atoms with van der Waals surface area (Å²) in [4.78, 5) is 40.2. The van der Waals surface area contributed by atoms with Crippen LogP contribution < -0.4 is 16.1 Å². The molecule has 704 valence electrons. The molecule has 0 fully saturated rings. The summed E-state index contributed by atoms with van der Waals surface area (Å²) in [5.74, 6) is 0.813. The molecule has 22 heteroatoms. The predicted octanol–water partition coefficient (Wildman–Crippen LogP) is 35.0. The molecule has 0 unspecified atom stereocenters. The zero-order chi connectivity index (χ0) is 100. The third kappa shape index (κ3) is 21.3. The van der Waals surface area contributed by atoms with Gasteiger partial charge in [-0.05, 0) is 271 Å². The van der Waals surface area contributed by atoms with Crippen molar-refractivity contribution < 1.29 is 24.2 Å². The van der Waals surface area contributed by atoms with E-state index in [1.54, 1.807) is 30.3 Å². The molecule has 0 atom stereocenters. The molecular formula is C123H82BBrCl8N6O5P+. The summed E-state index contributed by atoms with van der Waals surface area (Å²) >= 11 is 52.8. The number of aldehydes is 2. The minimum absolute atomic E-state index is 0.337. The van der Waals surface area contributed by atoms with Crippen LogP contribution in [0.2, 0.25) is 40.2 Å². The lowest BCUT2D eigenvalue weighted by Crippen LogP contribution is -2.30. The molecule has 0 amide bonds. The Morgan fingerprint density at radius 1 is 0.310 bits per heavy atom. The quantitative estimate of drug-likeness (QED) is 0.0588. The molecule has 5 aromatic heterocycles. The van der Waals surface area contributed by atoms with E-state index >= 15 is 0 Å². The van der Waals surface area contributed by atoms with Crippen LogP contribution in [0.5, 0.6) is 0 Å². The van der Waals surface area contributed by atoms with Gasteiger partial charge in [0, 0.05) is 121 Å². The highest BCUT2D eigenvalue weighted by Gasteiger charge is 2.25. The number of nitrogens with one attached hydrogen (secondary N) is 1. The Balaban J connectivity index is 0.000000108. The number of benzene rings is 21. The van der Waals surface area contributed by atoms with Crippen LogP contribution in [0.1, 0.15) is 31.8 Å². The van der Waals surface area contributed by atoms with Crippen LogP contribution >= 0.6 is 117 Å². The zero-order valence-corrected chi connectivity index (χ0v) is 86.0. The van der Waals surface area contributed by atoms with Gasteiger partial charge in [0.05, 0.1) is 44.1 Å². The number of aryl methyl sites for hydroxylation is 2. The maximum absolute atomic E-state index is 12.0. The van der Waals surface area contributed by atoms with E-state index < -0.39 is 14.9 Å². The zero-order valence-electron chi connectivity index (χ0n) is 77.4. The van der Waals surface area contributed by atoms with Crippen molar-refractivity contribution in [1.82, 2.24) is 28.7 Å². The molecule has 0 spiro atoms. The van der Waals surface area contributed by atoms with E-state index in [0.29, 0.717) is 46.7 Å². The number of nitrogens with zero attached hydrogens (tertiary/aromatic N) is 5. The molecule has 0 aliphatic heterocycles. The molecule has 0 aliphatic rings. The summed E-state index contributed by atoms with van der Waals surface area (Å²) in [7, 11) is -2.90. The van der Waals surface area contributed by atoms with Gasteiger partial charge in [-0.1, -0.05) is 352 Å². The number of carbonyl (C=O) groups excluding carboxylic acids is 2. The second kappa shape index (κ2) is 44.8. The van der Waals surface area contributed by atoms with Crippen LogP contribution in [0.15, 0.2) is 435 Å². The largest absolute Gasteiger partial charge is 0.489 e. The normalized spacial score (nSPS) is 11.0. The fourth-order valence-corrected chi connectivity index (χ4v) is 21.4. The highest BCUT2D eigenvalue weighted by atomic mass is 79.9. The molecule has 0 saturated carbocycles. The number of pyridine rings is 2. The fourth-order valence-electron chi connectivity index (χ4n) is 18.1. The molecule has 145 heavy (non-hydrogen) atoms. The Bertz CT molecular complexity index is 9140. The van der Waals surface area contributed by atoms with Gasteiger partial charge >= 0.3 is 14.9 Å². The second-order valence-corrected chi connectivity index (χ2v) is 39.9. The first-order valence-corrected chi connectivity index (χ1v) is 51.2. The van der Waals surface area contributed by atoms with Crippen LogP contribution in [0, 0.1) is 13.8 Å².